The van der Waals surface area contributed by atoms with Crippen molar-refractivity contribution in [3.8, 4) is 0 Å². The lowest BCUT2D eigenvalue weighted by Gasteiger charge is -2.36. The summed E-state index contributed by atoms with van der Waals surface area (Å²) in [5, 5.41) is 0.160. The van der Waals surface area contributed by atoms with Crippen molar-refractivity contribution in [3.05, 3.63) is 29.3 Å². The predicted molar refractivity (Wildman–Crippen MR) is 84.2 cm³/mol. The molecular formula is C15H25NO3Si. The second kappa shape index (κ2) is 5.97. The van der Waals surface area contributed by atoms with E-state index in [0.717, 1.165) is 5.56 Å². The lowest BCUT2D eigenvalue weighted by Crippen LogP contribution is -2.40. The van der Waals surface area contributed by atoms with E-state index in [-0.39, 0.29) is 11.0 Å². The van der Waals surface area contributed by atoms with Crippen LogP contribution in [0.1, 0.15) is 36.7 Å². The molecule has 0 aliphatic heterocycles. The zero-order valence-electron chi connectivity index (χ0n) is 13.2. The smallest absolute Gasteiger partial charge is 0.337 e. The molecule has 0 heterocycles. The van der Waals surface area contributed by atoms with Gasteiger partial charge in [-0.1, -0.05) is 26.8 Å². The van der Waals surface area contributed by atoms with Crippen molar-refractivity contribution in [3.63, 3.8) is 0 Å². The first kappa shape index (κ1) is 16.7. The highest BCUT2D eigenvalue weighted by Gasteiger charge is 2.37. The number of hydrogen-bond acceptors (Lipinski definition) is 4. The maximum absolute atomic E-state index is 11.4. The number of nitrogens with two attached hydrogens (primary N) is 1. The normalized spacial score (nSPS) is 12.3. The Kier molecular flexibility index (Phi) is 4.99. The van der Waals surface area contributed by atoms with Gasteiger partial charge in [-0.2, -0.15) is 0 Å². The van der Waals surface area contributed by atoms with E-state index < -0.39 is 8.32 Å². The van der Waals surface area contributed by atoms with Crippen molar-refractivity contribution >= 4 is 20.0 Å². The first-order valence-corrected chi connectivity index (χ1v) is 9.60. The van der Waals surface area contributed by atoms with Crippen LogP contribution >= 0.6 is 0 Å². The van der Waals surface area contributed by atoms with Gasteiger partial charge in [0.1, 0.15) is 0 Å². The van der Waals surface area contributed by atoms with Crippen molar-refractivity contribution in [1.82, 2.24) is 0 Å². The molecule has 0 saturated heterocycles. The molecular weight excluding hydrogens is 270 g/mol. The topological polar surface area (TPSA) is 61.5 Å². The van der Waals surface area contributed by atoms with Gasteiger partial charge in [0, 0.05) is 5.69 Å². The van der Waals surface area contributed by atoms with Gasteiger partial charge >= 0.3 is 5.97 Å². The van der Waals surface area contributed by atoms with Crippen LogP contribution in [0.2, 0.25) is 18.1 Å². The molecule has 0 saturated carbocycles. The first-order chi connectivity index (χ1) is 9.08. The van der Waals surface area contributed by atoms with Gasteiger partial charge in [0.25, 0.3) is 0 Å². The van der Waals surface area contributed by atoms with Gasteiger partial charge in [0.15, 0.2) is 8.32 Å². The lowest BCUT2D eigenvalue weighted by molar-refractivity contribution is 0.0600. The molecule has 5 heteroatoms. The summed E-state index contributed by atoms with van der Waals surface area (Å²) < 4.78 is 10.8. The predicted octanol–water partition coefficient (Wildman–Crippen LogP) is 3.58. The minimum absolute atomic E-state index is 0.160. The van der Waals surface area contributed by atoms with Gasteiger partial charge in [-0.05, 0) is 35.8 Å². The molecule has 0 aromatic heterocycles. The Hall–Kier alpha value is -1.33. The summed E-state index contributed by atoms with van der Waals surface area (Å²) in [4.78, 5) is 11.4. The summed E-state index contributed by atoms with van der Waals surface area (Å²) in [7, 11) is -0.446. The van der Waals surface area contributed by atoms with Gasteiger partial charge in [-0.15, -0.1) is 0 Å². The standard InChI is InChI=1S/C15H25NO3Si/c1-15(2,3)20(5,6)19-10-12-8-7-11(9-13(12)16)14(17)18-4/h7-9H,10,16H2,1-6H3. The Balaban J connectivity index is 2.83. The third-order valence-corrected chi connectivity index (χ3v) is 8.44. The quantitative estimate of drug-likeness (QED) is 0.524. The molecule has 0 aliphatic rings. The van der Waals surface area contributed by atoms with Crippen LogP contribution in [0.25, 0.3) is 0 Å². The van der Waals surface area contributed by atoms with Gasteiger partial charge in [-0.25, -0.2) is 4.79 Å². The first-order valence-electron chi connectivity index (χ1n) is 6.69. The Morgan fingerprint density at radius 2 is 1.90 bits per heavy atom. The molecule has 20 heavy (non-hydrogen) atoms. The number of esters is 1. The fourth-order valence-corrected chi connectivity index (χ4v) is 2.40. The van der Waals surface area contributed by atoms with E-state index in [1.54, 1.807) is 12.1 Å². The molecule has 0 unspecified atom stereocenters. The number of carbonyl (C=O) groups excluding carboxylic acids is 1. The molecule has 0 radical (unpaired) electrons. The molecule has 0 aliphatic carbocycles. The average molecular weight is 295 g/mol. The Labute approximate surface area is 122 Å². The molecule has 0 amide bonds. The van der Waals surface area contributed by atoms with Crippen LogP contribution < -0.4 is 5.73 Å². The van der Waals surface area contributed by atoms with Crippen LogP contribution in [0.15, 0.2) is 18.2 Å². The van der Waals surface area contributed by atoms with E-state index >= 15 is 0 Å². The maximum atomic E-state index is 11.4. The number of hydrogen-bond donors (Lipinski definition) is 1. The molecule has 0 fully saturated rings. The third-order valence-electron chi connectivity index (χ3n) is 3.96. The van der Waals surface area contributed by atoms with Crippen molar-refractivity contribution in [2.75, 3.05) is 12.8 Å². The fraction of sp³-hybridized carbons (Fsp3) is 0.533. The van der Waals surface area contributed by atoms with Gasteiger partial charge in [0.05, 0.1) is 19.3 Å². The van der Waals surface area contributed by atoms with E-state index in [2.05, 4.69) is 38.6 Å². The zero-order valence-corrected chi connectivity index (χ0v) is 14.2. The Morgan fingerprint density at radius 3 is 2.35 bits per heavy atom. The molecule has 4 nitrogen and oxygen atoms in total. The monoisotopic (exact) mass is 295 g/mol. The summed E-state index contributed by atoms with van der Waals surface area (Å²) in [6.07, 6.45) is 0. The molecule has 112 valence electrons. The van der Waals surface area contributed by atoms with Gasteiger partial charge in [0.2, 0.25) is 0 Å². The number of benzene rings is 1. The maximum Gasteiger partial charge on any atom is 0.337 e. The molecule has 0 bridgehead atoms. The highest BCUT2D eigenvalue weighted by Crippen LogP contribution is 2.37. The van der Waals surface area contributed by atoms with Gasteiger partial charge < -0.3 is 14.9 Å². The number of anilines is 1. The van der Waals surface area contributed by atoms with Crippen LogP contribution in [0.5, 0.6) is 0 Å². The summed E-state index contributed by atoms with van der Waals surface area (Å²) >= 11 is 0. The second-order valence-corrected chi connectivity index (χ2v) is 11.3. The zero-order chi connectivity index (χ0) is 15.6. The number of methoxy groups -OCH3 is 1. The number of rotatable bonds is 4. The van der Waals surface area contributed by atoms with Crippen LogP contribution in [0.3, 0.4) is 0 Å². The molecule has 0 atom stereocenters. The summed E-state index contributed by atoms with van der Waals surface area (Å²) in [5.41, 5.74) is 7.91. The molecule has 2 N–H and O–H groups in total. The highest BCUT2D eigenvalue weighted by atomic mass is 28.4. The van der Waals surface area contributed by atoms with E-state index in [1.165, 1.54) is 7.11 Å². The summed E-state index contributed by atoms with van der Waals surface area (Å²) in [6, 6.07) is 5.18. The van der Waals surface area contributed by atoms with Crippen LogP contribution in [0, 0.1) is 0 Å². The van der Waals surface area contributed by atoms with Crippen molar-refractivity contribution in [1.29, 1.82) is 0 Å². The Morgan fingerprint density at radius 1 is 1.30 bits per heavy atom. The van der Waals surface area contributed by atoms with Crippen LogP contribution in [0.4, 0.5) is 5.69 Å². The second-order valence-electron chi connectivity index (χ2n) is 6.45. The summed E-state index contributed by atoms with van der Waals surface area (Å²) in [5.74, 6) is -0.381. The molecule has 1 rings (SSSR count). The van der Waals surface area contributed by atoms with E-state index in [0.29, 0.717) is 17.9 Å². The van der Waals surface area contributed by atoms with E-state index in [9.17, 15) is 4.79 Å². The molecule has 0 spiro atoms. The van der Waals surface area contributed by atoms with E-state index in [1.807, 2.05) is 6.07 Å². The van der Waals surface area contributed by atoms with Crippen molar-refractivity contribution in [2.24, 2.45) is 0 Å². The number of carbonyl (C=O) groups is 1. The number of nitrogen functional groups attached to an aromatic ring is 1. The SMILES string of the molecule is COC(=O)c1ccc(CO[Si](C)(C)C(C)(C)C)c(N)c1. The van der Waals surface area contributed by atoms with Crippen molar-refractivity contribution < 1.29 is 14.0 Å². The fourth-order valence-electron chi connectivity index (χ4n) is 1.45. The number of ether oxygens (including phenoxy) is 1. The minimum atomic E-state index is -1.80. The van der Waals surface area contributed by atoms with Crippen LogP contribution in [-0.2, 0) is 15.8 Å². The van der Waals surface area contributed by atoms with Crippen LogP contribution in [-0.4, -0.2) is 21.4 Å². The average Bonchev–Trinajstić information content (AvgIpc) is 2.35. The molecule has 1 aromatic carbocycles. The minimum Gasteiger partial charge on any atom is -0.465 e. The van der Waals surface area contributed by atoms with Crippen molar-refractivity contribution in [2.45, 2.75) is 45.5 Å². The Bertz CT molecular complexity index is 492. The largest absolute Gasteiger partial charge is 0.465 e. The summed E-state index contributed by atoms with van der Waals surface area (Å²) in [6.45, 7) is 11.5. The van der Waals surface area contributed by atoms with Gasteiger partial charge in [-0.3, -0.25) is 0 Å². The molecule has 1 aromatic rings. The van der Waals surface area contributed by atoms with E-state index in [4.69, 9.17) is 10.2 Å². The highest BCUT2D eigenvalue weighted by molar-refractivity contribution is 6.74. The lowest BCUT2D eigenvalue weighted by atomic mass is 10.1. The third kappa shape index (κ3) is 3.83.